The van der Waals surface area contributed by atoms with Crippen LogP contribution in [-0.2, 0) is 6.54 Å². The van der Waals surface area contributed by atoms with Crippen molar-refractivity contribution < 1.29 is 4.79 Å². The number of allylic oxidation sites excluding steroid dienone is 1. The molecule has 2 rings (SSSR count). The molecule has 2 N–H and O–H groups in total. The van der Waals surface area contributed by atoms with Crippen molar-refractivity contribution in [1.82, 2.24) is 4.57 Å². The van der Waals surface area contributed by atoms with Crippen molar-refractivity contribution >= 4 is 5.91 Å². The number of aryl methyl sites for hydroxylation is 1. The zero-order valence-corrected chi connectivity index (χ0v) is 12.2. The fourth-order valence-corrected chi connectivity index (χ4v) is 2.77. The van der Waals surface area contributed by atoms with E-state index in [1.165, 1.54) is 0 Å². The molecule has 0 saturated carbocycles. The maximum atomic E-state index is 11.9. The molecule has 20 heavy (non-hydrogen) atoms. The predicted octanol–water partition coefficient (Wildman–Crippen LogP) is 3.37. The van der Waals surface area contributed by atoms with Crippen molar-refractivity contribution in [1.29, 1.82) is 0 Å². The first-order valence-corrected chi connectivity index (χ1v) is 6.65. The molecule has 1 amide bonds. The highest BCUT2D eigenvalue weighted by Crippen LogP contribution is 2.34. The Balaban J connectivity index is 2.81. The minimum absolute atomic E-state index is 0.383. The van der Waals surface area contributed by atoms with Crippen LogP contribution in [0.2, 0.25) is 0 Å². The molecule has 0 aliphatic carbocycles. The summed E-state index contributed by atoms with van der Waals surface area (Å²) in [4.78, 5) is 11.9. The molecule has 3 heteroatoms. The predicted molar refractivity (Wildman–Crippen MR) is 82.8 cm³/mol. The fraction of sp³-hybridized carbons (Fsp3) is 0.235. The SMILES string of the molecule is C=CCn1c(C)c(C(N)=O)c(-c2ccccc2C)c1C. The third kappa shape index (κ3) is 2.16. The van der Waals surface area contributed by atoms with Crippen LogP contribution in [0.25, 0.3) is 11.1 Å². The summed E-state index contributed by atoms with van der Waals surface area (Å²) >= 11 is 0. The standard InChI is InChI=1S/C17H20N2O/c1-5-10-19-12(3)15(16(13(19)4)17(18)20)14-9-7-6-8-11(14)2/h5-9H,1,10H2,2-4H3,(H2,18,20). The van der Waals surface area contributed by atoms with E-state index in [0.717, 1.165) is 28.1 Å². The van der Waals surface area contributed by atoms with Crippen LogP contribution in [0.3, 0.4) is 0 Å². The first-order valence-electron chi connectivity index (χ1n) is 6.65. The Morgan fingerprint density at radius 1 is 1.25 bits per heavy atom. The lowest BCUT2D eigenvalue weighted by atomic mass is 9.96. The maximum absolute atomic E-state index is 11.9. The number of nitrogens with two attached hydrogens (primary N) is 1. The summed E-state index contributed by atoms with van der Waals surface area (Å²) < 4.78 is 2.08. The number of carbonyl (C=O) groups is 1. The van der Waals surface area contributed by atoms with Crippen LogP contribution in [0.4, 0.5) is 0 Å². The number of carbonyl (C=O) groups excluding carboxylic acids is 1. The Hall–Kier alpha value is -2.29. The molecule has 0 aliphatic rings. The molecule has 2 aromatic rings. The van der Waals surface area contributed by atoms with Crippen molar-refractivity contribution in [3.8, 4) is 11.1 Å². The average Bonchev–Trinajstić information content (AvgIpc) is 2.64. The third-order valence-electron chi connectivity index (χ3n) is 3.76. The minimum Gasteiger partial charge on any atom is -0.366 e. The Morgan fingerprint density at radius 3 is 2.45 bits per heavy atom. The number of hydrogen-bond donors (Lipinski definition) is 1. The van der Waals surface area contributed by atoms with E-state index in [-0.39, 0.29) is 5.91 Å². The van der Waals surface area contributed by atoms with Crippen LogP contribution < -0.4 is 5.73 Å². The van der Waals surface area contributed by atoms with E-state index in [1.807, 2.05) is 51.1 Å². The van der Waals surface area contributed by atoms with Gasteiger partial charge in [0.15, 0.2) is 0 Å². The van der Waals surface area contributed by atoms with Crippen LogP contribution in [-0.4, -0.2) is 10.5 Å². The van der Waals surface area contributed by atoms with Gasteiger partial charge in [-0.15, -0.1) is 6.58 Å². The molecule has 0 fully saturated rings. The highest BCUT2D eigenvalue weighted by atomic mass is 16.1. The summed E-state index contributed by atoms with van der Waals surface area (Å²) in [5.74, 6) is -0.383. The molecule has 104 valence electrons. The highest BCUT2D eigenvalue weighted by molar-refractivity contribution is 6.02. The van der Waals surface area contributed by atoms with E-state index in [4.69, 9.17) is 5.73 Å². The number of primary amides is 1. The number of aromatic nitrogens is 1. The molecule has 0 saturated heterocycles. The lowest BCUT2D eigenvalue weighted by molar-refractivity contribution is 0.1000. The van der Waals surface area contributed by atoms with E-state index >= 15 is 0 Å². The Bertz CT molecular complexity index is 681. The van der Waals surface area contributed by atoms with Gasteiger partial charge < -0.3 is 10.3 Å². The van der Waals surface area contributed by atoms with Crippen LogP contribution in [0.15, 0.2) is 36.9 Å². The van der Waals surface area contributed by atoms with Crippen molar-refractivity contribution in [2.24, 2.45) is 5.73 Å². The van der Waals surface area contributed by atoms with Gasteiger partial charge in [-0.1, -0.05) is 30.3 Å². The second-order valence-corrected chi connectivity index (χ2v) is 5.00. The number of benzene rings is 1. The minimum atomic E-state index is -0.383. The Morgan fingerprint density at radius 2 is 1.90 bits per heavy atom. The Labute approximate surface area is 119 Å². The fourth-order valence-electron chi connectivity index (χ4n) is 2.77. The van der Waals surface area contributed by atoms with Gasteiger partial charge in [0.2, 0.25) is 0 Å². The highest BCUT2D eigenvalue weighted by Gasteiger charge is 2.22. The van der Waals surface area contributed by atoms with Gasteiger partial charge in [0.25, 0.3) is 5.91 Å². The normalized spacial score (nSPS) is 10.6. The summed E-state index contributed by atoms with van der Waals surface area (Å²) in [5, 5.41) is 0. The first-order chi connectivity index (χ1) is 9.49. The molecule has 1 heterocycles. The summed E-state index contributed by atoms with van der Waals surface area (Å²) in [6, 6.07) is 8.04. The second kappa shape index (κ2) is 5.37. The molecule has 0 bridgehead atoms. The number of nitrogens with zero attached hydrogens (tertiary/aromatic N) is 1. The van der Waals surface area contributed by atoms with E-state index < -0.39 is 0 Å². The first kappa shape index (κ1) is 14.1. The van der Waals surface area contributed by atoms with E-state index in [2.05, 4.69) is 11.1 Å². The third-order valence-corrected chi connectivity index (χ3v) is 3.76. The van der Waals surface area contributed by atoms with Crippen LogP contribution in [0.5, 0.6) is 0 Å². The van der Waals surface area contributed by atoms with Gasteiger partial charge >= 0.3 is 0 Å². The second-order valence-electron chi connectivity index (χ2n) is 5.00. The molecule has 0 spiro atoms. The van der Waals surface area contributed by atoms with Crippen LogP contribution in [0.1, 0.15) is 27.3 Å². The zero-order chi connectivity index (χ0) is 14.9. The molecule has 0 unspecified atom stereocenters. The monoisotopic (exact) mass is 268 g/mol. The Kier molecular flexibility index (Phi) is 3.79. The molecule has 0 atom stereocenters. The molecule has 0 aliphatic heterocycles. The van der Waals surface area contributed by atoms with E-state index in [9.17, 15) is 4.79 Å². The molecule has 0 radical (unpaired) electrons. The summed E-state index contributed by atoms with van der Waals surface area (Å²) in [6.45, 7) is 10.4. The van der Waals surface area contributed by atoms with Crippen molar-refractivity contribution in [2.75, 3.05) is 0 Å². The molecule has 3 nitrogen and oxygen atoms in total. The molecular weight excluding hydrogens is 248 g/mol. The maximum Gasteiger partial charge on any atom is 0.251 e. The number of amides is 1. The molecular formula is C17H20N2O. The average molecular weight is 268 g/mol. The summed E-state index contributed by atoms with van der Waals surface area (Å²) in [6.07, 6.45) is 1.83. The smallest absolute Gasteiger partial charge is 0.251 e. The van der Waals surface area contributed by atoms with Crippen LogP contribution in [0, 0.1) is 20.8 Å². The number of rotatable bonds is 4. The van der Waals surface area contributed by atoms with Crippen molar-refractivity contribution in [3.63, 3.8) is 0 Å². The lowest BCUT2D eigenvalue weighted by Gasteiger charge is -2.08. The summed E-state index contributed by atoms with van der Waals surface area (Å²) in [5.41, 5.74) is 11.3. The van der Waals surface area contributed by atoms with Crippen molar-refractivity contribution in [3.05, 3.63) is 59.4 Å². The number of hydrogen-bond acceptors (Lipinski definition) is 1. The van der Waals surface area contributed by atoms with E-state index in [1.54, 1.807) is 0 Å². The van der Waals surface area contributed by atoms with Crippen LogP contribution >= 0.6 is 0 Å². The van der Waals surface area contributed by atoms with Crippen molar-refractivity contribution in [2.45, 2.75) is 27.3 Å². The van der Waals surface area contributed by atoms with Gasteiger partial charge in [0, 0.05) is 23.5 Å². The van der Waals surface area contributed by atoms with Gasteiger partial charge in [-0.05, 0) is 31.9 Å². The quantitative estimate of drug-likeness (QED) is 0.849. The zero-order valence-electron chi connectivity index (χ0n) is 12.2. The topological polar surface area (TPSA) is 48.0 Å². The van der Waals surface area contributed by atoms with Gasteiger partial charge in [-0.25, -0.2) is 0 Å². The lowest BCUT2D eigenvalue weighted by Crippen LogP contribution is -2.13. The largest absolute Gasteiger partial charge is 0.366 e. The molecule has 1 aromatic carbocycles. The van der Waals surface area contributed by atoms with Gasteiger partial charge in [0.05, 0.1) is 5.56 Å². The van der Waals surface area contributed by atoms with Gasteiger partial charge in [-0.2, -0.15) is 0 Å². The molecule has 1 aromatic heterocycles. The van der Waals surface area contributed by atoms with Gasteiger partial charge in [-0.3, -0.25) is 4.79 Å². The van der Waals surface area contributed by atoms with Gasteiger partial charge in [0.1, 0.15) is 0 Å². The summed E-state index contributed by atoms with van der Waals surface area (Å²) in [7, 11) is 0. The van der Waals surface area contributed by atoms with E-state index in [0.29, 0.717) is 12.1 Å².